The third-order valence-corrected chi connectivity index (χ3v) is 7.35. The van der Waals surface area contributed by atoms with E-state index in [4.69, 9.17) is 0 Å². The maximum absolute atomic E-state index is 13.7. The SMILES string of the molecule is Cc1ccc([C@H](C(=O)NC2CCCC2)N(C(=O)CCCC(=O)Nc2ccccn2)C2CCCC2)cc1. The summed E-state index contributed by atoms with van der Waals surface area (Å²) in [6.07, 6.45) is 10.7. The number of aromatic nitrogens is 1. The van der Waals surface area contributed by atoms with Gasteiger partial charge in [-0.25, -0.2) is 4.98 Å². The van der Waals surface area contributed by atoms with Crippen LogP contribution in [0.25, 0.3) is 0 Å². The van der Waals surface area contributed by atoms with E-state index in [1.54, 1.807) is 18.3 Å². The number of rotatable bonds is 10. The highest BCUT2D eigenvalue weighted by Gasteiger charge is 2.38. The minimum atomic E-state index is -0.649. The number of carbonyl (C=O) groups is 3. The van der Waals surface area contributed by atoms with Gasteiger partial charge in [0.2, 0.25) is 17.7 Å². The molecule has 4 rings (SSSR count). The Bertz CT molecular complexity index is 1010. The van der Waals surface area contributed by atoms with Crippen LogP contribution in [0.3, 0.4) is 0 Å². The molecule has 36 heavy (non-hydrogen) atoms. The van der Waals surface area contributed by atoms with Crippen LogP contribution in [0.1, 0.15) is 87.8 Å². The Kier molecular flexibility index (Phi) is 9.09. The summed E-state index contributed by atoms with van der Waals surface area (Å²) in [5, 5.41) is 6.02. The van der Waals surface area contributed by atoms with Gasteiger partial charge in [0.25, 0.3) is 0 Å². The van der Waals surface area contributed by atoms with Crippen molar-refractivity contribution in [3.05, 3.63) is 59.8 Å². The molecule has 0 radical (unpaired) electrons. The lowest BCUT2D eigenvalue weighted by Crippen LogP contribution is -2.49. The van der Waals surface area contributed by atoms with Crippen LogP contribution in [-0.2, 0) is 14.4 Å². The second kappa shape index (κ2) is 12.7. The Balaban J connectivity index is 1.48. The number of benzene rings is 1. The van der Waals surface area contributed by atoms with E-state index in [1.165, 1.54) is 0 Å². The van der Waals surface area contributed by atoms with Crippen molar-refractivity contribution in [1.82, 2.24) is 15.2 Å². The first-order valence-electron chi connectivity index (χ1n) is 13.4. The van der Waals surface area contributed by atoms with Crippen molar-refractivity contribution in [3.63, 3.8) is 0 Å². The number of nitrogens with one attached hydrogen (secondary N) is 2. The van der Waals surface area contributed by atoms with Crippen molar-refractivity contribution in [2.24, 2.45) is 0 Å². The van der Waals surface area contributed by atoms with Crippen LogP contribution in [0.5, 0.6) is 0 Å². The molecule has 2 aromatic rings. The van der Waals surface area contributed by atoms with Gasteiger partial charge in [-0.15, -0.1) is 0 Å². The van der Waals surface area contributed by atoms with Crippen molar-refractivity contribution in [1.29, 1.82) is 0 Å². The number of hydrogen-bond acceptors (Lipinski definition) is 4. The van der Waals surface area contributed by atoms with E-state index >= 15 is 0 Å². The molecule has 7 nitrogen and oxygen atoms in total. The molecule has 0 bridgehead atoms. The molecule has 2 fully saturated rings. The summed E-state index contributed by atoms with van der Waals surface area (Å²) in [4.78, 5) is 45.7. The Morgan fingerprint density at radius 2 is 1.64 bits per heavy atom. The first-order valence-corrected chi connectivity index (χ1v) is 13.4. The number of pyridine rings is 1. The lowest BCUT2D eigenvalue weighted by molar-refractivity contribution is -0.144. The average molecular weight is 491 g/mol. The molecule has 3 amide bonds. The third-order valence-electron chi connectivity index (χ3n) is 7.35. The van der Waals surface area contributed by atoms with E-state index in [1.807, 2.05) is 42.2 Å². The quantitative estimate of drug-likeness (QED) is 0.486. The summed E-state index contributed by atoms with van der Waals surface area (Å²) in [5.74, 6) is 0.200. The molecule has 1 atom stereocenters. The molecule has 0 unspecified atom stereocenters. The number of amides is 3. The molecule has 0 saturated heterocycles. The molecule has 2 aliphatic rings. The van der Waals surface area contributed by atoms with Gasteiger partial charge < -0.3 is 15.5 Å². The second-order valence-corrected chi connectivity index (χ2v) is 10.2. The number of carbonyl (C=O) groups excluding carboxylic acids is 3. The summed E-state index contributed by atoms with van der Waals surface area (Å²) >= 11 is 0. The van der Waals surface area contributed by atoms with Gasteiger partial charge in [-0.05, 0) is 56.7 Å². The number of hydrogen-bond donors (Lipinski definition) is 2. The van der Waals surface area contributed by atoms with Gasteiger partial charge in [0.15, 0.2) is 0 Å². The lowest BCUT2D eigenvalue weighted by Gasteiger charge is -2.37. The Hall–Kier alpha value is -3.22. The number of aryl methyl sites for hydroxylation is 1. The highest BCUT2D eigenvalue weighted by atomic mass is 16.2. The molecule has 0 aliphatic heterocycles. The predicted octanol–water partition coefficient (Wildman–Crippen LogP) is 5.07. The maximum atomic E-state index is 13.7. The Morgan fingerprint density at radius 3 is 2.31 bits per heavy atom. The summed E-state index contributed by atoms with van der Waals surface area (Å²) in [7, 11) is 0. The van der Waals surface area contributed by atoms with E-state index in [0.717, 1.165) is 62.5 Å². The lowest BCUT2D eigenvalue weighted by atomic mass is 9.98. The second-order valence-electron chi connectivity index (χ2n) is 10.2. The predicted molar refractivity (Wildman–Crippen MR) is 140 cm³/mol. The fourth-order valence-corrected chi connectivity index (χ4v) is 5.45. The highest BCUT2D eigenvalue weighted by Crippen LogP contribution is 2.33. The molecule has 192 valence electrons. The first kappa shape index (κ1) is 25.9. The van der Waals surface area contributed by atoms with Gasteiger partial charge in [0, 0.05) is 31.1 Å². The van der Waals surface area contributed by atoms with Gasteiger partial charge >= 0.3 is 0 Å². The Morgan fingerprint density at radius 1 is 0.944 bits per heavy atom. The van der Waals surface area contributed by atoms with Crippen LogP contribution in [0.15, 0.2) is 48.7 Å². The fourth-order valence-electron chi connectivity index (χ4n) is 5.45. The number of nitrogens with zero attached hydrogens (tertiary/aromatic N) is 2. The summed E-state index contributed by atoms with van der Waals surface area (Å²) in [6, 6.07) is 12.9. The average Bonchev–Trinajstić information content (AvgIpc) is 3.58. The Labute approximate surface area is 214 Å². The standard InChI is InChI=1S/C29H38N4O3/c1-21-16-18-22(19-17-21)28(29(36)31-23-9-2-3-10-23)33(24-11-4-5-12-24)27(35)15-8-14-26(34)32-25-13-6-7-20-30-25/h6-7,13,16-20,23-24,28H,2-5,8-12,14-15H2,1H3,(H,31,36)(H,30,32,34)/t28-/m1/s1. The monoisotopic (exact) mass is 490 g/mol. The van der Waals surface area contributed by atoms with Gasteiger partial charge in [-0.2, -0.15) is 0 Å². The molecule has 2 saturated carbocycles. The van der Waals surface area contributed by atoms with E-state index in [9.17, 15) is 14.4 Å². The molecule has 2 aliphatic carbocycles. The van der Waals surface area contributed by atoms with E-state index in [0.29, 0.717) is 12.2 Å². The molecule has 1 aromatic carbocycles. The van der Waals surface area contributed by atoms with E-state index in [2.05, 4.69) is 15.6 Å². The summed E-state index contributed by atoms with van der Waals surface area (Å²) in [6.45, 7) is 2.02. The van der Waals surface area contributed by atoms with E-state index in [-0.39, 0.29) is 42.6 Å². The smallest absolute Gasteiger partial charge is 0.247 e. The minimum Gasteiger partial charge on any atom is -0.351 e. The minimum absolute atomic E-state index is 0.0421. The maximum Gasteiger partial charge on any atom is 0.247 e. The largest absolute Gasteiger partial charge is 0.351 e. The van der Waals surface area contributed by atoms with Crippen LogP contribution in [0, 0.1) is 6.92 Å². The van der Waals surface area contributed by atoms with Gasteiger partial charge in [0.1, 0.15) is 11.9 Å². The zero-order valence-electron chi connectivity index (χ0n) is 21.2. The van der Waals surface area contributed by atoms with Gasteiger partial charge in [-0.3, -0.25) is 14.4 Å². The molecular weight excluding hydrogens is 452 g/mol. The van der Waals surface area contributed by atoms with Crippen molar-refractivity contribution >= 4 is 23.5 Å². The van der Waals surface area contributed by atoms with Crippen LogP contribution < -0.4 is 10.6 Å². The fraction of sp³-hybridized carbons (Fsp3) is 0.517. The van der Waals surface area contributed by atoms with Crippen molar-refractivity contribution < 1.29 is 14.4 Å². The highest BCUT2D eigenvalue weighted by molar-refractivity contribution is 5.91. The molecule has 1 aromatic heterocycles. The van der Waals surface area contributed by atoms with Gasteiger partial charge in [-0.1, -0.05) is 61.6 Å². The van der Waals surface area contributed by atoms with Crippen LogP contribution in [0.2, 0.25) is 0 Å². The zero-order chi connectivity index (χ0) is 25.3. The van der Waals surface area contributed by atoms with Crippen LogP contribution in [0.4, 0.5) is 5.82 Å². The van der Waals surface area contributed by atoms with E-state index < -0.39 is 6.04 Å². The molecular formula is C29H38N4O3. The van der Waals surface area contributed by atoms with Gasteiger partial charge in [0.05, 0.1) is 0 Å². The normalized spacial score (nSPS) is 17.0. The summed E-state index contributed by atoms with van der Waals surface area (Å²) < 4.78 is 0. The third kappa shape index (κ3) is 6.93. The molecule has 1 heterocycles. The molecule has 0 spiro atoms. The topological polar surface area (TPSA) is 91.4 Å². The van der Waals surface area contributed by atoms with Crippen LogP contribution in [-0.4, -0.2) is 39.7 Å². The first-order chi connectivity index (χ1) is 17.5. The van der Waals surface area contributed by atoms with Crippen molar-refractivity contribution in [2.45, 2.75) is 95.7 Å². The summed E-state index contributed by atoms with van der Waals surface area (Å²) in [5.41, 5.74) is 1.97. The van der Waals surface area contributed by atoms with Crippen LogP contribution >= 0.6 is 0 Å². The molecule has 7 heteroatoms. The number of anilines is 1. The van der Waals surface area contributed by atoms with Crippen molar-refractivity contribution in [2.75, 3.05) is 5.32 Å². The van der Waals surface area contributed by atoms with Crippen molar-refractivity contribution in [3.8, 4) is 0 Å². The molecule has 2 N–H and O–H groups in total. The zero-order valence-corrected chi connectivity index (χ0v) is 21.2.